The zero-order valence-corrected chi connectivity index (χ0v) is 13.2. The summed E-state index contributed by atoms with van der Waals surface area (Å²) in [5.74, 6) is 1.07. The van der Waals surface area contributed by atoms with Crippen molar-refractivity contribution in [1.82, 2.24) is 14.8 Å². The van der Waals surface area contributed by atoms with Crippen LogP contribution in [0.25, 0.3) is 17.1 Å². The molecule has 0 saturated heterocycles. The Morgan fingerprint density at radius 1 is 1.10 bits per heavy atom. The average molecular weight is 365 g/mol. The molecule has 0 aliphatic carbocycles. The van der Waals surface area contributed by atoms with E-state index in [4.69, 9.17) is 11.6 Å². The van der Waals surface area contributed by atoms with Crippen LogP contribution in [-0.2, 0) is 6.61 Å². The second-order valence-electron chi connectivity index (χ2n) is 4.39. The summed E-state index contributed by atoms with van der Waals surface area (Å²) < 4.78 is 2.69. The molecular formula is C15H11BrClN3O. The first-order valence-electron chi connectivity index (χ1n) is 6.26. The zero-order chi connectivity index (χ0) is 14.8. The van der Waals surface area contributed by atoms with Gasteiger partial charge in [-0.2, -0.15) is 0 Å². The summed E-state index contributed by atoms with van der Waals surface area (Å²) in [6.45, 7) is -0.198. The normalized spacial score (nSPS) is 10.8. The Kier molecular flexibility index (Phi) is 4.05. The van der Waals surface area contributed by atoms with Crippen LogP contribution in [0.5, 0.6) is 0 Å². The lowest BCUT2D eigenvalue weighted by atomic mass is 10.2. The molecule has 0 aliphatic rings. The van der Waals surface area contributed by atoms with Crippen LogP contribution in [0.15, 0.2) is 53.0 Å². The molecule has 4 nitrogen and oxygen atoms in total. The number of hydrogen-bond acceptors (Lipinski definition) is 3. The molecule has 0 spiro atoms. The van der Waals surface area contributed by atoms with Gasteiger partial charge in [0.15, 0.2) is 11.6 Å². The van der Waals surface area contributed by atoms with Gasteiger partial charge in [-0.25, -0.2) is 0 Å². The van der Waals surface area contributed by atoms with Crippen molar-refractivity contribution in [3.8, 4) is 17.1 Å². The number of rotatable bonds is 3. The topological polar surface area (TPSA) is 50.9 Å². The van der Waals surface area contributed by atoms with Crippen molar-refractivity contribution in [3.63, 3.8) is 0 Å². The highest BCUT2D eigenvalue weighted by atomic mass is 79.9. The molecule has 0 saturated carbocycles. The first kappa shape index (κ1) is 14.3. The number of para-hydroxylation sites is 1. The predicted octanol–water partition coefficient (Wildman–Crippen LogP) is 3.84. The summed E-state index contributed by atoms with van der Waals surface area (Å²) in [7, 11) is 0. The maximum absolute atomic E-state index is 9.49. The number of nitrogens with zero attached hydrogens (tertiary/aromatic N) is 3. The molecule has 2 aromatic carbocycles. The lowest BCUT2D eigenvalue weighted by Gasteiger charge is -2.10. The van der Waals surface area contributed by atoms with Gasteiger partial charge >= 0.3 is 0 Å². The highest BCUT2D eigenvalue weighted by molar-refractivity contribution is 9.10. The van der Waals surface area contributed by atoms with Crippen molar-refractivity contribution in [2.45, 2.75) is 6.61 Å². The van der Waals surface area contributed by atoms with E-state index in [0.717, 1.165) is 15.7 Å². The second kappa shape index (κ2) is 5.97. The molecule has 21 heavy (non-hydrogen) atoms. The smallest absolute Gasteiger partial charge is 0.170 e. The van der Waals surface area contributed by atoms with Crippen molar-refractivity contribution >= 4 is 27.5 Å². The number of aliphatic hydroxyl groups excluding tert-OH is 1. The largest absolute Gasteiger partial charge is 0.388 e. The minimum Gasteiger partial charge on any atom is -0.388 e. The first-order valence-corrected chi connectivity index (χ1v) is 7.44. The number of aliphatic hydroxyl groups is 1. The Labute approximate surface area is 135 Å². The van der Waals surface area contributed by atoms with E-state index in [0.29, 0.717) is 16.7 Å². The van der Waals surface area contributed by atoms with Crippen molar-refractivity contribution in [2.75, 3.05) is 0 Å². The molecule has 0 aliphatic heterocycles. The third-order valence-corrected chi connectivity index (χ3v) is 3.86. The number of aromatic nitrogens is 3. The molecule has 0 atom stereocenters. The minimum atomic E-state index is -0.198. The molecule has 3 rings (SSSR count). The van der Waals surface area contributed by atoms with Gasteiger partial charge in [0, 0.05) is 15.7 Å². The molecule has 106 valence electrons. The van der Waals surface area contributed by atoms with Gasteiger partial charge in [0.1, 0.15) is 6.61 Å². The molecule has 3 aromatic rings. The molecular weight excluding hydrogens is 354 g/mol. The van der Waals surface area contributed by atoms with E-state index < -0.39 is 0 Å². The third kappa shape index (κ3) is 2.72. The van der Waals surface area contributed by atoms with Crippen molar-refractivity contribution in [3.05, 3.63) is 63.9 Å². The van der Waals surface area contributed by atoms with Gasteiger partial charge in [-0.15, -0.1) is 10.2 Å². The monoisotopic (exact) mass is 363 g/mol. The third-order valence-electron chi connectivity index (χ3n) is 3.06. The molecule has 1 aromatic heterocycles. The molecule has 0 unspecified atom stereocenters. The van der Waals surface area contributed by atoms with Crippen LogP contribution in [0.3, 0.4) is 0 Å². The van der Waals surface area contributed by atoms with Crippen LogP contribution in [0, 0.1) is 0 Å². The Hall–Kier alpha value is -1.69. The van der Waals surface area contributed by atoms with E-state index in [1.165, 1.54) is 0 Å². The Morgan fingerprint density at radius 3 is 2.52 bits per heavy atom. The molecule has 0 radical (unpaired) electrons. The summed E-state index contributed by atoms with van der Waals surface area (Å²) in [5, 5.41) is 18.3. The van der Waals surface area contributed by atoms with Crippen LogP contribution < -0.4 is 0 Å². The molecule has 1 heterocycles. The summed E-state index contributed by atoms with van der Waals surface area (Å²) >= 11 is 9.69. The standard InChI is InChI=1S/C15H11BrClN3O/c16-10-6-7-12(13(17)8-10)15-19-18-14(9-21)20(15)11-4-2-1-3-5-11/h1-8,21H,9H2. The van der Waals surface area contributed by atoms with Gasteiger partial charge in [-0.1, -0.05) is 45.7 Å². The van der Waals surface area contributed by atoms with Crippen molar-refractivity contribution in [2.24, 2.45) is 0 Å². The quantitative estimate of drug-likeness (QED) is 0.768. The zero-order valence-electron chi connectivity index (χ0n) is 10.9. The number of benzene rings is 2. The van der Waals surface area contributed by atoms with E-state index in [-0.39, 0.29) is 6.61 Å². The second-order valence-corrected chi connectivity index (χ2v) is 5.72. The van der Waals surface area contributed by atoms with E-state index in [9.17, 15) is 5.11 Å². The van der Waals surface area contributed by atoms with Gasteiger partial charge in [0.25, 0.3) is 0 Å². The summed E-state index contributed by atoms with van der Waals surface area (Å²) in [4.78, 5) is 0. The Balaban J connectivity index is 2.22. The summed E-state index contributed by atoms with van der Waals surface area (Å²) in [6, 6.07) is 15.2. The molecule has 6 heteroatoms. The van der Waals surface area contributed by atoms with Crippen molar-refractivity contribution < 1.29 is 5.11 Å². The fraction of sp³-hybridized carbons (Fsp3) is 0.0667. The minimum absolute atomic E-state index is 0.198. The fourth-order valence-corrected chi connectivity index (χ4v) is 2.87. The van der Waals surface area contributed by atoms with E-state index >= 15 is 0 Å². The number of hydrogen-bond donors (Lipinski definition) is 1. The lowest BCUT2D eigenvalue weighted by Crippen LogP contribution is -2.03. The molecule has 0 bridgehead atoms. The van der Waals surface area contributed by atoms with E-state index in [1.54, 1.807) is 10.6 Å². The summed E-state index contributed by atoms with van der Waals surface area (Å²) in [6.07, 6.45) is 0. The van der Waals surface area contributed by atoms with Crippen LogP contribution in [0.1, 0.15) is 5.82 Å². The molecule has 0 fully saturated rings. The number of halogens is 2. The van der Waals surface area contributed by atoms with E-state index in [2.05, 4.69) is 26.1 Å². The Bertz CT molecular complexity index is 774. The summed E-state index contributed by atoms with van der Waals surface area (Å²) in [5.41, 5.74) is 1.64. The maximum atomic E-state index is 9.49. The predicted molar refractivity (Wildman–Crippen MR) is 85.4 cm³/mol. The van der Waals surface area contributed by atoms with Crippen molar-refractivity contribution in [1.29, 1.82) is 0 Å². The molecule has 1 N–H and O–H groups in total. The lowest BCUT2D eigenvalue weighted by molar-refractivity contribution is 0.269. The van der Waals surface area contributed by atoms with Crippen LogP contribution in [0.4, 0.5) is 0 Å². The maximum Gasteiger partial charge on any atom is 0.170 e. The SMILES string of the molecule is OCc1nnc(-c2ccc(Br)cc2Cl)n1-c1ccccc1. The molecule has 0 amide bonds. The fourth-order valence-electron chi connectivity index (χ4n) is 2.11. The highest BCUT2D eigenvalue weighted by Gasteiger charge is 2.17. The van der Waals surface area contributed by atoms with E-state index in [1.807, 2.05) is 42.5 Å². The van der Waals surface area contributed by atoms with Crippen LogP contribution in [0.2, 0.25) is 5.02 Å². The van der Waals surface area contributed by atoms with Crippen LogP contribution >= 0.6 is 27.5 Å². The van der Waals surface area contributed by atoms with Gasteiger partial charge in [-0.3, -0.25) is 4.57 Å². The van der Waals surface area contributed by atoms with Crippen LogP contribution in [-0.4, -0.2) is 19.9 Å². The Morgan fingerprint density at radius 2 is 1.86 bits per heavy atom. The van der Waals surface area contributed by atoms with Gasteiger partial charge in [-0.05, 0) is 30.3 Å². The van der Waals surface area contributed by atoms with Gasteiger partial charge in [0.05, 0.1) is 5.02 Å². The van der Waals surface area contributed by atoms with Gasteiger partial charge in [0.2, 0.25) is 0 Å². The average Bonchev–Trinajstić information content (AvgIpc) is 2.92. The first-order chi connectivity index (χ1) is 10.2. The van der Waals surface area contributed by atoms with Gasteiger partial charge < -0.3 is 5.11 Å². The highest BCUT2D eigenvalue weighted by Crippen LogP contribution is 2.31.